The largest absolute Gasteiger partial charge is 0.314 e. The molecule has 0 saturated heterocycles. The molecule has 2 atom stereocenters. The minimum absolute atomic E-state index is 0.164. The molecule has 1 N–H and O–H groups in total. The molecule has 1 saturated carbocycles. The molecular formula is C15H21F2NO2S. The van der Waals surface area contributed by atoms with Gasteiger partial charge in [-0.05, 0) is 49.9 Å². The molecule has 3 nitrogen and oxygen atoms in total. The van der Waals surface area contributed by atoms with Gasteiger partial charge in [-0.2, -0.15) is 0 Å². The van der Waals surface area contributed by atoms with E-state index in [1.165, 1.54) is 18.4 Å². The van der Waals surface area contributed by atoms with E-state index in [2.05, 4.69) is 5.32 Å². The van der Waals surface area contributed by atoms with Gasteiger partial charge in [-0.1, -0.05) is 6.42 Å². The van der Waals surface area contributed by atoms with Gasteiger partial charge in [0.1, 0.15) is 21.5 Å². The third-order valence-corrected chi connectivity index (χ3v) is 5.64. The van der Waals surface area contributed by atoms with Crippen molar-refractivity contribution < 1.29 is 17.2 Å². The number of sulfone groups is 1. The summed E-state index contributed by atoms with van der Waals surface area (Å²) in [5, 5.41) is 3.03. The van der Waals surface area contributed by atoms with Crippen LogP contribution in [0.4, 0.5) is 8.78 Å². The van der Waals surface area contributed by atoms with Crippen molar-refractivity contribution in [3.63, 3.8) is 0 Å². The molecule has 0 spiro atoms. The van der Waals surface area contributed by atoms with Crippen LogP contribution in [0.15, 0.2) is 18.2 Å². The third-order valence-electron chi connectivity index (χ3n) is 4.00. The second-order valence-electron chi connectivity index (χ2n) is 5.80. The third kappa shape index (κ3) is 5.04. The van der Waals surface area contributed by atoms with E-state index in [-0.39, 0.29) is 11.3 Å². The number of hydrogen-bond donors (Lipinski definition) is 1. The summed E-state index contributed by atoms with van der Waals surface area (Å²) in [6.07, 6.45) is 5.00. The number of rotatable bonds is 5. The molecule has 6 heteroatoms. The highest BCUT2D eigenvalue weighted by molar-refractivity contribution is 7.91. The van der Waals surface area contributed by atoms with Crippen LogP contribution in [0.2, 0.25) is 0 Å². The maximum Gasteiger partial charge on any atom is 0.150 e. The molecule has 118 valence electrons. The lowest BCUT2D eigenvalue weighted by atomic mass is 9.95. The highest BCUT2D eigenvalue weighted by Crippen LogP contribution is 2.23. The van der Waals surface area contributed by atoms with E-state index in [9.17, 15) is 17.2 Å². The number of nitrogens with one attached hydrogen (secondary N) is 1. The standard InChI is InChI=1S/C15H21F2NO2S/c1-21(19,20)15-4-2-3-14(10-15)18-6-5-11-7-12(16)9-13(17)8-11/h7-9,14-15,18H,2-6,10H2,1H3. The molecule has 1 aromatic rings. The van der Waals surface area contributed by atoms with Gasteiger partial charge in [0.25, 0.3) is 0 Å². The zero-order chi connectivity index (χ0) is 15.5. The number of halogens is 2. The minimum Gasteiger partial charge on any atom is -0.314 e. The van der Waals surface area contributed by atoms with E-state index in [1.807, 2.05) is 0 Å². The fourth-order valence-corrected chi connectivity index (χ4v) is 4.07. The van der Waals surface area contributed by atoms with Crippen LogP contribution in [0, 0.1) is 11.6 Å². The molecule has 1 fully saturated rings. The van der Waals surface area contributed by atoms with Crippen molar-refractivity contribution in [2.75, 3.05) is 12.8 Å². The summed E-state index contributed by atoms with van der Waals surface area (Å²) in [6, 6.07) is 3.67. The second kappa shape index (κ2) is 6.83. The first kappa shape index (κ1) is 16.4. The van der Waals surface area contributed by atoms with Crippen LogP contribution >= 0.6 is 0 Å². The van der Waals surface area contributed by atoms with Gasteiger partial charge in [0.15, 0.2) is 0 Å². The Bertz CT molecular complexity index is 569. The summed E-state index contributed by atoms with van der Waals surface area (Å²) >= 11 is 0. The first-order valence-corrected chi connectivity index (χ1v) is 9.17. The summed E-state index contributed by atoms with van der Waals surface area (Å²) in [6.45, 7) is 0.587. The van der Waals surface area contributed by atoms with Crippen LogP contribution in [0.3, 0.4) is 0 Å². The van der Waals surface area contributed by atoms with Gasteiger partial charge in [-0.3, -0.25) is 0 Å². The van der Waals surface area contributed by atoms with Gasteiger partial charge < -0.3 is 5.32 Å². The molecule has 1 aromatic carbocycles. The van der Waals surface area contributed by atoms with Crippen LogP contribution in [-0.4, -0.2) is 32.5 Å². The van der Waals surface area contributed by atoms with Crippen molar-refractivity contribution in [2.45, 2.75) is 43.4 Å². The SMILES string of the molecule is CS(=O)(=O)C1CCCC(NCCc2cc(F)cc(F)c2)C1. The molecule has 21 heavy (non-hydrogen) atoms. The van der Waals surface area contributed by atoms with E-state index in [4.69, 9.17) is 0 Å². The van der Waals surface area contributed by atoms with E-state index in [0.29, 0.717) is 24.9 Å². The Kier molecular flexibility index (Phi) is 5.32. The molecule has 0 amide bonds. The minimum atomic E-state index is -2.99. The molecule has 2 rings (SSSR count). The van der Waals surface area contributed by atoms with Crippen molar-refractivity contribution in [2.24, 2.45) is 0 Å². The quantitative estimate of drug-likeness (QED) is 0.907. The van der Waals surface area contributed by atoms with Gasteiger partial charge >= 0.3 is 0 Å². The fraction of sp³-hybridized carbons (Fsp3) is 0.600. The van der Waals surface area contributed by atoms with E-state index >= 15 is 0 Å². The van der Waals surface area contributed by atoms with Crippen molar-refractivity contribution >= 4 is 9.84 Å². The first-order valence-electron chi connectivity index (χ1n) is 7.22. The van der Waals surface area contributed by atoms with Gasteiger partial charge in [0.2, 0.25) is 0 Å². The van der Waals surface area contributed by atoms with Crippen LogP contribution in [0.25, 0.3) is 0 Å². The summed E-state index contributed by atoms with van der Waals surface area (Å²) in [5.74, 6) is -1.14. The van der Waals surface area contributed by atoms with Crippen LogP contribution < -0.4 is 5.32 Å². The summed E-state index contributed by atoms with van der Waals surface area (Å²) in [4.78, 5) is 0. The van der Waals surface area contributed by atoms with Gasteiger partial charge in [0, 0.05) is 18.4 Å². The average Bonchev–Trinajstić information content (AvgIpc) is 2.37. The van der Waals surface area contributed by atoms with Crippen molar-refractivity contribution in [3.05, 3.63) is 35.4 Å². The smallest absolute Gasteiger partial charge is 0.150 e. The van der Waals surface area contributed by atoms with Crippen molar-refractivity contribution in [1.29, 1.82) is 0 Å². The first-order chi connectivity index (χ1) is 9.84. The maximum absolute atomic E-state index is 13.1. The van der Waals surface area contributed by atoms with Gasteiger partial charge in [-0.25, -0.2) is 17.2 Å². The lowest BCUT2D eigenvalue weighted by Gasteiger charge is -2.28. The molecule has 0 aliphatic heterocycles. The summed E-state index contributed by atoms with van der Waals surface area (Å²) in [5.41, 5.74) is 0.607. The fourth-order valence-electron chi connectivity index (χ4n) is 2.90. The van der Waals surface area contributed by atoms with E-state index in [1.54, 1.807) is 0 Å². The zero-order valence-corrected chi connectivity index (χ0v) is 12.9. The van der Waals surface area contributed by atoms with Crippen LogP contribution in [0.1, 0.15) is 31.2 Å². The normalized spacial score (nSPS) is 23.2. The Labute approximate surface area is 124 Å². The average molecular weight is 317 g/mol. The predicted octanol–water partition coefficient (Wildman–Crippen LogP) is 2.45. The Morgan fingerprint density at radius 1 is 1.19 bits per heavy atom. The second-order valence-corrected chi connectivity index (χ2v) is 8.12. The molecule has 0 heterocycles. The molecule has 1 aliphatic rings. The number of hydrogen-bond acceptors (Lipinski definition) is 3. The predicted molar refractivity (Wildman–Crippen MR) is 79.0 cm³/mol. The van der Waals surface area contributed by atoms with Crippen LogP contribution in [-0.2, 0) is 16.3 Å². The Morgan fingerprint density at radius 3 is 2.48 bits per heavy atom. The van der Waals surface area contributed by atoms with Gasteiger partial charge in [-0.15, -0.1) is 0 Å². The molecule has 0 radical (unpaired) electrons. The van der Waals surface area contributed by atoms with E-state index in [0.717, 1.165) is 25.3 Å². The maximum atomic E-state index is 13.1. The molecule has 1 aliphatic carbocycles. The zero-order valence-electron chi connectivity index (χ0n) is 12.1. The molecule has 0 aromatic heterocycles. The molecule has 0 bridgehead atoms. The van der Waals surface area contributed by atoms with Crippen LogP contribution in [0.5, 0.6) is 0 Å². The highest BCUT2D eigenvalue weighted by Gasteiger charge is 2.28. The summed E-state index contributed by atoms with van der Waals surface area (Å²) in [7, 11) is -2.99. The van der Waals surface area contributed by atoms with Crippen molar-refractivity contribution in [1.82, 2.24) is 5.32 Å². The van der Waals surface area contributed by atoms with Gasteiger partial charge in [0.05, 0.1) is 5.25 Å². The molecular weight excluding hydrogens is 296 g/mol. The molecule has 2 unspecified atom stereocenters. The monoisotopic (exact) mass is 317 g/mol. The highest BCUT2D eigenvalue weighted by atomic mass is 32.2. The number of benzene rings is 1. The van der Waals surface area contributed by atoms with Crippen molar-refractivity contribution in [3.8, 4) is 0 Å². The lowest BCUT2D eigenvalue weighted by Crippen LogP contribution is -2.39. The van der Waals surface area contributed by atoms with E-state index < -0.39 is 21.5 Å². The Morgan fingerprint density at radius 2 is 1.86 bits per heavy atom. The summed E-state index contributed by atoms with van der Waals surface area (Å²) < 4.78 is 49.3. The topological polar surface area (TPSA) is 46.2 Å². The lowest BCUT2D eigenvalue weighted by molar-refractivity contribution is 0.374. The Hall–Kier alpha value is -1.01. The Balaban J connectivity index is 1.83.